The molecule has 0 heterocycles. The van der Waals surface area contributed by atoms with Crippen LogP contribution in [0.3, 0.4) is 0 Å². The van der Waals surface area contributed by atoms with Crippen molar-refractivity contribution in [1.29, 1.82) is 0 Å². The zero-order valence-corrected chi connectivity index (χ0v) is 9.49. The number of phenolic OH excluding ortho intramolecular Hbond substituents is 1. The lowest BCUT2D eigenvalue weighted by Crippen LogP contribution is -1.90. The molecule has 2 nitrogen and oxygen atoms in total. The lowest BCUT2D eigenvalue weighted by Gasteiger charge is -2.10. The lowest BCUT2D eigenvalue weighted by atomic mass is 9.97. The van der Waals surface area contributed by atoms with Gasteiger partial charge in [0.1, 0.15) is 5.75 Å². The lowest BCUT2D eigenvalue weighted by molar-refractivity contribution is 0.477. The molecule has 2 aromatic carbocycles. The molecule has 0 aromatic heterocycles. The van der Waals surface area contributed by atoms with E-state index in [-0.39, 0.29) is 5.75 Å². The Kier molecular flexibility index (Phi) is 2.57. The Hall–Kier alpha value is -1.96. The van der Waals surface area contributed by atoms with Gasteiger partial charge in [0, 0.05) is 17.3 Å². The van der Waals surface area contributed by atoms with E-state index in [1.54, 1.807) is 6.07 Å². The smallest absolute Gasteiger partial charge is 0.125 e. The topological polar surface area (TPSA) is 46.2 Å². The molecule has 0 saturated heterocycles. The second kappa shape index (κ2) is 3.89. The molecule has 0 aliphatic rings. The van der Waals surface area contributed by atoms with Crippen LogP contribution < -0.4 is 5.73 Å². The van der Waals surface area contributed by atoms with Gasteiger partial charge in [-0.25, -0.2) is 0 Å². The molecule has 0 amide bonds. The quantitative estimate of drug-likeness (QED) is 0.714. The summed E-state index contributed by atoms with van der Waals surface area (Å²) in [5, 5.41) is 9.94. The molecule has 3 N–H and O–H groups in total. The summed E-state index contributed by atoms with van der Waals surface area (Å²) in [6.07, 6.45) is 0. The maximum Gasteiger partial charge on any atom is 0.125 e. The summed E-state index contributed by atoms with van der Waals surface area (Å²) in [5.41, 5.74) is 10.3. The van der Waals surface area contributed by atoms with Crippen molar-refractivity contribution in [2.75, 3.05) is 5.73 Å². The average Bonchev–Trinajstić information content (AvgIpc) is 2.15. The van der Waals surface area contributed by atoms with E-state index in [0.29, 0.717) is 5.69 Å². The van der Waals surface area contributed by atoms with E-state index in [1.165, 1.54) is 5.56 Å². The number of phenols is 1. The van der Waals surface area contributed by atoms with Crippen LogP contribution in [0.5, 0.6) is 5.75 Å². The highest BCUT2D eigenvalue weighted by molar-refractivity contribution is 5.76. The van der Waals surface area contributed by atoms with Crippen molar-refractivity contribution in [2.45, 2.75) is 13.8 Å². The van der Waals surface area contributed by atoms with Gasteiger partial charge in [0.2, 0.25) is 0 Å². The van der Waals surface area contributed by atoms with Crippen molar-refractivity contribution in [3.05, 3.63) is 47.5 Å². The average molecular weight is 213 g/mol. The number of aromatic hydroxyl groups is 1. The maximum absolute atomic E-state index is 9.94. The second-order valence-electron chi connectivity index (χ2n) is 4.10. The number of nitrogens with two attached hydrogens (primary N) is 1. The first-order chi connectivity index (χ1) is 7.58. The molecule has 0 radical (unpaired) electrons. The van der Waals surface area contributed by atoms with Crippen LogP contribution in [-0.2, 0) is 0 Å². The van der Waals surface area contributed by atoms with Gasteiger partial charge in [-0.05, 0) is 31.0 Å². The van der Waals surface area contributed by atoms with E-state index in [2.05, 4.69) is 6.07 Å². The van der Waals surface area contributed by atoms with Crippen LogP contribution >= 0.6 is 0 Å². The zero-order valence-electron chi connectivity index (χ0n) is 9.49. The normalized spacial score (nSPS) is 10.4. The minimum absolute atomic E-state index is 0.239. The van der Waals surface area contributed by atoms with E-state index < -0.39 is 0 Å². The van der Waals surface area contributed by atoms with Crippen LogP contribution in [0.15, 0.2) is 36.4 Å². The SMILES string of the molecule is Cc1cccc(-c2c(C)cc(N)cc2O)c1. The van der Waals surface area contributed by atoms with Gasteiger partial charge in [0.15, 0.2) is 0 Å². The number of hydrogen-bond donors (Lipinski definition) is 2. The molecule has 0 fully saturated rings. The van der Waals surface area contributed by atoms with Crippen molar-refractivity contribution in [3.8, 4) is 16.9 Å². The van der Waals surface area contributed by atoms with E-state index in [4.69, 9.17) is 5.73 Å². The second-order valence-corrected chi connectivity index (χ2v) is 4.10. The fraction of sp³-hybridized carbons (Fsp3) is 0.143. The first-order valence-corrected chi connectivity index (χ1v) is 5.24. The Morgan fingerprint density at radius 2 is 1.81 bits per heavy atom. The highest BCUT2D eigenvalue weighted by Gasteiger charge is 2.08. The van der Waals surface area contributed by atoms with Crippen molar-refractivity contribution in [2.24, 2.45) is 0 Å². The van der Waals surface area contributed by atoms with Crippen molar-refractivity contribution in [3.63, 3.8) is 0 Å². The predicted molar refractivity (Wildman–Crippen MR) is 67.4 cm³/mol. The summed E-state index contributed by atoms with van der Waals surface area (Å²) in [5.74, 6) is 0.239. The van der Waals surface area contributed by atoms with Gasteiger partial charge in [0.25, 0.3) is 0 Å². The van der Waals surface area contributed by atoms with Gasteiger partial charge in [-0.1, -0.05) is 29.8 Å². The Morgan fingerprint density at radius 1 is 1.06 bits per heavy atom. The highest BCUT2D eigenvalue weighted by Crippen LogP contribution is 2.34. The predicted octanol–water partition coefficient (Wildman–Crippen LogP) is 3.26. The number of hydrogen-bond acceptors (Lipinski definition) is 2. The van der Waals surface area contributed by atoms with E-state index in [9.17, 15) is 5.11 Å². The van der Waals surface area contributed by atoms with E-state index >= 15 is 0 Å². The molecular formula is C14H15NO. The summed E-state index contributed by atoms with van der Waals surface area (Å²) in [7, 11) is 0. The third kappa shape index (κ3) is 1.87. The van der Waals surface area contributed by atoms with Crippen LogP contribution in [0, 0.1) is 13.8 Å². The van der Waals surface area contributed by atoms with Crippen LogP contribution in [0.25, 0.3) is 11.1 Å². The Balaban J connectivity index is 2.64. The van der Waals surface area contributed by atoms with Gasteiger partial charge < -0.3 is 10.8 Å². The third-order valence-corrected chi connectivity index (χ3v) is 2.64. The number of benzene rings is 2. The number of rotatable bonds is 1. The molecule has 16 heavy (non-hydrogen) atoms. The molecule has 0 atom stereocenters. The van der Waals surface area contributed by atoms with E-state index in [1.807, 2.05) is 38.1 Å². The molecule has 2 aromatic rings. The van der Waals surface area contributed by atoms with Crippen LogP contribution in [-0.4, -0.2) is 5.11 Å². The first-order valence-electron chi connectivity index (χ1n) is 5.24. The Morgan fingerprint density at radius 3 is 2.44 bits per heavy atom. The minimum atomic E-state index is 0.239. The van der Waals surface area contributed by atoms with Crippen molar-refractivity contribution >= 4 is 5.69 Å². The fourth-order valence-electron chi connectivity index (χ4n) is 1.97. The monoisotopic (exact) mass is 213 g/mol. The van der Waals surface area contributed by atoms with Gasteiger partial charge in [-0.2, -0.15) is 0 Å². The van der Waals surface area contributed by atoms with Gasteiger partial charge in [-0.15, -0.1) is 0 Å². The molecule has 0 aliphatic heterocycles. The largest absolute Gasteiger partial charge is 0.507 e. The molecule has 0 aliphatic carbocycles. The summed E-state index contributed by atoms with van der Waals surface area (Å²) >= 11 is 0. The molecule has 2 rings (SSSR count). The maximum atomic E-state index is 9.94. The molecule has 82 valence electrons. The number of anilines is 1. The minimum Gasteiger partial charge on any atom is -0.507 e. The Labute approximate surface area is 95.4 Å². The van der Waals surface area contributed by atoms with Gasteiger partial charge in [-0.3, -0.25) is 0 Å². The number of nitrogen functional groups attached to an aromatic ring is 1. The summed E-state index contributed by atoms with van der Waals surface area (Å²) in [6, 6.07) is 11.5. The molecule has 2 heteroatoms. The van der Waals surface area contributed by atoms with Gasteiger partial charge in [0.05, 0.1) is 0 Å². The zero-order chi connectivity index (χ0) is 11.7. The summed E-state index contributed by atoms with van der Waals surface area (Å²) in [6.45, 7) is 3.99. The van der Waals surface area contributed by atoms with Crippen LogP contribution in [0.4, 0.5) is 5.69 Å². The first kappa shape index (κ1) is 10.6. The molecule has 0 spiro atoms. The molecular weight excluding hydrogens is 198 g/mol. The highest BCUT2D eigenvalue weighted by atomic mass is 16.3. The van der Waals surface area contributed by atoms with Crippen LogP contribution in [0.1, 0.15) is 11.1 Å². The fourth-order valence-corrected chi connectivity index (χ4v) is 1.97. The van der Waals surface area contributed by atoms with Crippen molar-refractivity contribution < 1.29 is 5.11 Å². The summed E-state index contributed by atoms with van der Waals surface area (Å²) in [4.78, 5) is 0. The standard InChI is InChI=1S/C14H15NO/c1-9-4-3-5-11(6-9)14-10(2)7-12(15)8-13(14)16/h3-8,16H,15H2,1-2H3. The summed E-state index contributed by atoms with van der Waals surface area (Å²) < 4.78 is 0. The molecule has 0 bridgehead atoms. The van der Waals surface area contributed by atoms with Crippen molar-refractivity contribution in [1.82, 2.24) is 0 Å². The van der Waals surface area contributed by atoms with Gasteiger partial charge >= 0.3 is 0 Å². The molecule has 0 unspecified atom stereocenters. The Bertz CT molecular complexity index is 509. The molecule has 0 saturated carbocycles. The number of aryl methyl sites for hydroxylation is 2. The third-order valence-electron chi connectivity index (χ3n) is 2.64. The van der Waals surface area contributed by atoms with Crippen LogP contribution in [0.2, 0.25) is 0 Å². The van der Waals surface area contributed by atoms with E-state index in [0.717, 1.165) is 16.7 Å².